The van der Waals surface area contributed by atoms with Gasteiger partial charge in [-0.2, -0.15) is 5.26 Å². The summed E-state index contributed by atoms with van der Waals surface area (Å²) in [6.45, 7) is 0. The second-order valence-electron chi connectivity index (χ2n) is 12.0. The van der Waals surface area contributed by atoms with Crippen molar-refractivity contribution in [3.8, 4) is 28.6 Å². The van der Waals surface area contributed by atoms with Gasteiger partial charge in [0.1, 0.15) is 17.2 Å². The van der Waals surface area contributed by atoms with Gasteiger partial charge >= 0.3 is 0 Å². The number of hydrogen-bond donors (Lipinski definition) is 0. The lowest BCUT2D eigenvalue weighted by Gasteiger charge is -2.19. The number of para-hydroxylation sites is 5. The van der Waals surface area contributed by atoms with Crippen LogP contribution < -0.4 is 0 Å². The summed E-state index contributed by atoms with van der Waals surface area (Å²) in [4.78, 5) is 0. The smallest absolute Gasteiger partial charge is 0.143 e. The quantitative estimate of drug-likeness (QED) is 0.203. The van der Waals surface area contributed by atoms with E-state index < -0.39 is 0 Å². The van der Waals surface area contributed by atoms with Gasteiger partial charge in [0.05, 0.1) is 44.4 Å². The van der Waals surface area contributed by atoms with Crippen LogP contribution in [0.4, 0.5) is 0 Å². The minimum Gasteiger partial charge on any atom is -0.455 e. The van der Waals surface area contributed by atoms with Crippen molar-refractivity contribution in [2.24, 2.45) is 0 Å². The van der Waals surface area contributed by atoms with Crippen LogP contribution in [-0.2, 0) is 0 Å². The summed E-state index contributed by atoms with van der Waals surface area (Å²) in [5.74, 6) is 0. The second-order valence-corrected chi connectivity index (χ2v) is 12.0. The van der Waals surface area contributed by atoms with Crippen LogP contribution in [0, 0.1) is 11.3 Å². The number of nitriles is 1. The molecule has 10 aromatic rings. The zero-order chi connectivity index (χ0) is 31.1. The molecule has 4 heteroatoms. The Hall–Kier alpha value is -6.57. The SMILES string of the molecule is N#Cc1cc2oc3c(-c4ccccc4)cccc3c2c(-n2c3ccccc3c3ccccc32)c1-n1c2ccccc2c2ccccc21. The molecule has 0 atom stereocenters. The molecule has 0 aliphatic rings. The van der Waals surface area contributed by atoms with E-state index in [4.69, 9.17) is 4.42 Å². The molecule has 0 bridgehead atoms. The Kier molecular flexibility index (Phi) is 5.32. The topological polar surface area (TPSA) is 46.8 Å². The Bertz CT molecular complexity index is 2810. The maximum atomic E-state index is 11.0. The first-order valence-corrected chi connectivity index (χ1v) is 15.8. The first kappa shape index (κ1) is 25.7. The molecule has 0 N–H and O–H groups in total. The van der Waals surface area contributed by atoms with Gasteiger partial charge in [0, 0.05) is 38.6 Å². The highest BCUT2D eigenvalue weighted by Gasteiger charge is 2.27. The number of hydrogen-bond acceptors (Lipinski definition) is 2. The van der Waals surface area contributed by atoms with Gasteiger partial charge in [0.25, 0.3) is 0 Å². The monoisotopic (exact) mass is 599 g/mol. The molecule has 3 aromatic heterocycles. The van der Waals surface area contributed by atoms with Crippen LogP contribution >= 0.6 is 0 Å². The molecular weight excluding hydrogens is 574 g/mol. The third-order valence-electron chi connectivity index (χ3n) is 9.55. The molecule has 0 aliphatic carbocycles. The van der Waals surface area contributed by atoms with E-state index in [9.17, 15) is 5.26 Å². The Labute approximate surface area is 269 Å². The molecule has 0 spiro atoms. The van der Waals surface area contributed by atoms with Crippen LogP contribution in [0.3, 0.4) is 0 Å². The van der Waals surface area contributed by atoms with Gasteiger partial charge in [-0.05, 0) is 29.8 Å². The lowest BCUT2D eigenvalue weighted by Crippen LogP contribution is -2.06. The second kappa shape index (κ2) is 9.71. The summed E-state index contributed by atoms with van der Waals surface area (Å²) in [6.07, 6.45) is 0. The standard InChI is InChI=1S/C43H25N3O/c44-26-28-25-39-40(34-20-12-19-29(43(34)47-39)27-13-2-1-3-14-27)42(46-37-23-10-6-17-32(37)33-18-7-11-24-38(33)46)41(28)45-35-21-8-4-15-30(35)31-16-5-9-22-36(31)45/h1-25H. The molecule has 47 heavy (non-hydrogen) atoms. The fourth-order valence-corrected chi connectivity index (χ4v) is 7.63. The lowest BCUT2D eigenvalue weighted by atomic mass is 10.00. The van der Waals surface area contributed by atoms with Crippen molar-refractivity contribution >= 4 is 65.6 Å². The third-order valence-corrected chi connectivity index (χ3v) is 9.55. The first-order valence-electron chi connectivity index (χ1n) is 15.8. The van der Waals surface area contributed by atoms with Crippen molar-refractivity contribution in [2.45, 2.75) is 0 Å². The fraction of sp³-hybridized carbons (Fsp3) is 0. The van der Waals surface area contributed by atoms with Crippen LogP contribution in [0.25, 0.3) is 88.1 Å². The van der Waals surface area contributed by atoms with Crippen molar-refractivity contribution in [3.63, 3.8) is 0 Å². The van der Waals surface area contributed by atoms with E-state index in [1.54, 1.807) is 0 Å². The van der Waals surface area contributed by atoms with Crippen molar-refractivity contribution in [1.29, 1.82) is 5.26 Å². The number of furan rings is 1. The predicted octanol–water partition coefficient (Wildman–Crippen LogP) is 11.3. The maximum Gasteiger partial charge on any atom is 0.143 e. The van der Waals surface area contributed by atoms with Gasteiger partial charge in [-0.15, -0.1) is 0 Å². The minimum absolute atomic E-state index is 0.543. The van der Waals surface area contributed by atoms with Crippen molar-refractivity contribution in [2.75, 3.05) is 0 Å². The van der Waals surface area contributed by atoms with Crippen LogP contribution in [0.1, 0.15) is 5.56 Å². The maximum absolute atomic E-state index is 11.0. The zero-order valence-corrected chi connectivity index (χ0v) is 25.2. The summed E-state index contributed by atoms with van der Waals surface area (Å²) >= 11 is 0. The highest BCUT2D eigenvalue weighted by atomic mass is 16.3. The highest BCUT2D eigenvalue weighted by molar-refractivity contribution is 6.19. The van der Waals surface area contributed by atoms with Gasteiger partial charge in [-0.1, -0.05) is 121 Å². The van der Waals surface area contributed by atoms with E-state index in [0.717, 1.165) is 82.5 Å². The molecule has 7 aromatic carbocycles. The Morgan fingerprint density at radius 3 is 1.47 bits per heavy atom. The van der Waals surface area contributed by atoms with Gasteiger partial charge in [-0.25, -0.2) is 0 Å². The summed E-state index contributed by atoms with van der Waals surface area (Å²) in [5, 5.41) is 17.5. The molecule has 0 radical (unpaired) electrons. The van der Waals surface area contributed by atoms with Gasteiger partial charge in [0.15, 0.2) is 0 Å². The summed E-state index contributed by atoms with van der Waals surface area (Å²) in [5.41, 5.74) is 10.1. The largest absolute Gasteiger partial charge is 0.455 e. The molecule has 4 nitrogen and oxygen atoms in total. The van der Waals surface area contributed by atoms with E-state index in [1.165, 1.54) is 0 Å². The van der Waals surface area contributed by atoms with Crippen molar-refractivity contribution in [1.82, 2.24) is 9.13 Å². The number of nitrogens with zero attached hydrogens (tertiary/aromatic N) is 3. The van der Waals surface area contributed by atoms with E-state index in [1.807, 2.05) is 12.1 Å². The predicted molar refractivity (Wildman–Crippen MR) is 193 cm³/mol. The summed E-state index contributed by atoms with van der Waals surface area (Å²) < 4.78 is 11.4. The van der Waals surface area contributed by atoms with Crippen LogP contribution in [-0.4, -0.2) is 9.13 Å². The van der Waals surface area contributed by atoms with Crippen molar-refractivity contribution < 1.29 is 4.42 Å². The van der Waals surface area contributed by atoms with Crippen molar-refractivity contribution in [3.05, 3.63) is 157 Å². The van der Waals surface area contributed by atoms with Gasteiger partial charge < -0.3 is 13.6 Å². The molecule has 0 unspecified atom stereocenters. The zero-order valence-electron chi connectivity index (χ0n) is 25.2. The third kappa shape index (κ3) is 3.51. The van der Waals surface area contributed by atoms with E-state index in [0.29, 0.717) is 11.1 Å². The number of fused-ring (bicyclic) bond motifs is 9. The number of benzene rings is 7. The van der Waals surface area contributed by atoms with E-state index >= 15 is 0 Å². The van der Waals surface area contributed by atoms with Gasteiger partial charge in [0.2, 0.25) is 0 Å². The normalized spacial score (nSPS) is 11.8. The Morgan fingerprint density at radius 2 is 0.936 bits per heavy atom. The van der Waals surface area contributed by atoms with E-state index in [-0.39, 0.29) is 0 Å². The first-order chi connectivity index (χ1) is 23.3. The molecule has 0 fully saturated rings. The molecular formula is C43H25N3O. The molecule has 3 heterocycles. The summed E-state index contributed by atoms with van der Waals surface area (Å²) in [7, 11) is 0. The molecule has 10 rings (SSSR count). The van der Waals surface area contributed by atoms with Crippen LogP contribution in [0.2, 0.25) is 0 Å². The van der Waals surface area contributed by atoms with Gasteiger partial charge in [-0.3, -0.25) is 0 Å². The van der Waals surface area contributed by atoms with Crippen LogP contribution in [0.5, 0.6) is 0 Å². The Morgan fingerprint density at radius 1 is 0.468 bits per heavy atom. The van der Waals surface area contributed by atoms with Crippen LogP contribution in [0.15, 0.2) is 156 Å². The Balaban J connectivity index is 1.49. The molecule has 0 amide bonds. The molecule has 218 valence electrons. The molecule has 0 saturated heterocycles. The molecule has 0 saturated carbocycles. The fourth-order valence-electron chi connectivity index (χ4n) is 7.63. The molecule has 0 aliphatic heterocycles. The average Bonchev–Trinajstić information content (AvgIpc) is 3.79. The number of aromatic nitrogens is 2. The van der Waals surface area contributed by atoms with E-state index in [2.05, 4.69) is 155 Å². The highest BCUT2D eigenvalue weighted by Crippen LogP contribution is 2.46. The number of rotatable bonds is 3. The lowest BCUT2D eigenvalue weighted by molar-refractivity contribution is 0.669. The minimum atomic E-state index is 0.543. The summed E-state index contributed by atoms with van der Waals surface area (Å²) in [6, 6.07) is 55.2. The average molecular weight is 600 g/mol.